The maximum Gasteiger partial charge on any atom is 0.255 e. The Bertz CT molecular complexity index is 595. The normalized spacial score (nSPS) is 10.2. The maximum atomic E-state index is 12.1. The smallest absolute Gasteiger partial charge is 0.255 e. The highest BCUT2D eigenvalue weighted by molar-refractivity contribution is 7.09. The lowest BCUT2D eigenvalue weighted by Crippen LogP contribution is -2.23. The molecule has 6 heteroatoms. The van der Waals surface area contributed by atoms with E-state index in [-0.39, 0.29) is 5.91 Å². The Morgan fingerprint density at radius 1 is 1.53 bits per heavy atom. The molecule has 3 N–H and O–H groups in total. The van der Waals surface area contributed by atoms with Crippen LogP contribution in [0.25, 0.3) is 0 Å². The fraction of sp³-hybridized carbons (Fsp3) is 0.231. The molecule has 0 atom stereocenters. The third kappa shape index (κ3) is 2.85. The first-order chi connectivity index (χ1) is 9.13. The highest BCUT2D eigenvalue weighted by Gasteiger charge is 2.14. The zero-order valence-electron chi connectivity index (χ0n) is 10.8. The van der Waals surface area contributed by atoms with Crippen LogP contribution in [0.15, 0.2) is 23.7 Å². The van der Waals surface area contributed by atoms with Gasteiger partial charge >= 0.3 is 0 Å². The van der Waals surface area contributed by atoms with Crippen LogP contribution in [0.4, 0.5) is 5.69 Å². The third-order valence-corrected chi connectivity index (χ3v) is 3.68. The molecular formula is C13H15N3O2S. The molecule has 0 aliphatic rings. The topological polar surface area (TPSA) is 77.2 Å². The average Bonchev–Trinajstić information content (AvgIpc) is 2.81. The van der Waals surface area contributed by atoms with E-state index < -0.39 is 0 Å². The number of hydrogen-bond acceptors (Lipinski definition) is 5. The number of nitrogens with zero attached hydrogens (tertiary/aromatic N) is 1. The first-order valence-electron chi connectivity index (χ1n) is 5.73. The molecule has 1 aromatic heterocycles. The predicted molar refractivity (Wildman–Crippen MR) is 75.4 cm³/mol. The summed E-state index contributed by atoms with van der Waals surface area (Å²) in [5.41, 5.74) is 9.35. The Labute approximate surface area is 115 Å². The van der Waals surface area contributed by atoms with Crippen LogP contribution in [-0.4, -0.2) is 18.0 Å². The maximum absolute atomic E-state index is 12.1. The average molecular weight is 277 g/mol. The van der Waals surface area contributed by atoms with Gasteiger partial charge in [-0.2, -0.15) is 0 Å². The number of benzene rings is 1. The Hall–Kier alpha value is -2.08. The van der Waals surface area contributed by atoms with E-state index >= 15 is 0 Å². The number of amides is 1. The molecule has 2 rings (SSSR count). The number of aryl methyl sites for hydroxylation is 1. The highest BCUT2D eigenvalue weighted by atomic mass is 32.1. The van der Waals surface area contributed by atoms with Gasteiger partial charge < -0.3 is 15.8 Å². The van der Waals surface area contributed by atoms with Crippen LogP contribution in [0.2, 0.25) is 0 Å². The number of hydrogen-bond donors (Lipinski definition) is 2. The molecule has 0 unspecified atom stereocenters. The highest BCUT2D eigenvalue weighted by Crippen LogP contribution is 2.25. The van der Waals surface area contributed by atoms with Gasteiger partial charge in [0.2, 0.25) is 0 Å². The summed E-state index contributed by atoms with van der Waals surface area (Å²) in [5.74, 6) is 0.193. The van der Waals surface area contributed by atoms with Gasteiger partial charge in [-0.15, -0.1) is 11.3 Å². The molecule has 1 aromatic carbocycles. The lowest BCUT2D eigenvalue weighted by Gasteiger charge is -2.10. The molecule has 0 aliphatic carbocycles. The van der Waals surface area contributed by atoms with Crippen LogP contribution in [0.3, 0.4) is 0 Å². The van der Waals surface area contributed by atoms with Crippen molar-refractivity contribution in [3.8, 4) is 5.75 Å². The first-order valence-corrected chi connectivity index (χ1v) is 6.61. The van der Waals surface area contributed by atoms with E-state index in [4.69, 9.17) is 10.5 Å². The summed E-state index contributed by atoms with van der Waals surface area (Å²) in [5, 5.41) is 2.84. The quantitative estimate of drug-likeness (QED) is 0.838. The van der Waals surface area contributed by atoms with Crippen molar-refractivity contribution in [3.63, 3.8) is 0 Å². The lowest BCUT2D eigenvalue weighted by atomic mass is 10.1. The van der Waals surface area contributed by atoms with E-state index in [9.17, 15) is 4.79 Å². The van der Waals surface area contributed by atoms with Gasteiger partial charge in [-0.3, -0.25) is 4.79 Å². The Morgan fingerprint density at radius 3 is 2.95 bits per heavy atom. The molecule has 0 fully saturated rings. The van der Waals surface area contributed by atoms with Gasteiger partial charge in [0, 0.05) is 4.88 Å². The fourth-order valence-electron chi connectivity index (χ4n) is 1.71. The summed E-state index contributed by atoms with van der Waals surface area (Å²) in [4.78, 5) is 17.3. The molecule has 1 amide bonds. The molecular weight excluding hydrogens is 262 g/mol. The number of ether oxygens (including phenoxy) is 1. The van der Waals surface area contributed by atoms with E-state index in [2.05, 4.69) is 10.3 Å². The van der Waals surface area contributed by atoms with Crippen LogP contribution in [-0.2, 0) is 6.54 Å². The Morgan fingerprint density at radius 2 is 2.32 bits per heavy atom. The largest absolute Gasteiger partial charge is 0.494 e. The van der Waals surface area contributed by atoms with Crippen molar-refractivity contribution in [2.24, 2.45) is 0 Å². The zero-order valence-corrected chi connectivity index (χ0v) is 11.6. The number of methoxy groups -OCH3 is 1. The molecule has 1 heterocycles. The number of nitrogen functional groups attached to an aromatic ring is 1. The van der Waals surface area contributed by atoms with Gasteiger partial charge in [0.05, 0.1) is 36.1 Å². The van der Waals surface area contributed by atoms with E-state index in [1.165, 1.54) is 18.4 Å². The number of rotatable bonds is 4. The van der Waals surface area contributed by atoms with Crippen molar-refractivity contribution >= 4 is 22.9 Å². The minimum Gasteiger partial charge on any atom is -0.494 e. The molecule has 5 nitrogen and oxygen atoms in total. The van der Waals surface area contributed by atoms with Gasteiger partial charge in [-0.1, -0.05) is 6.07 Å². The van der Waals surface area contributed by atoms with Crippen molar-refractivity contribution in [3.05, 3.63) is 39.8 Å². The van der Waals surface area contributed by atoms with Crippen molar-refractivity contribution in [2.45, 2.75) is 13.5 Å². The summed E-state index contributed by atoms with van der Waals surface area (Å²) in [7, 11) is 1.50. The van der Waals surface area contributed by atoms with Gasteiger partial charge in [0.1, 0.15) is 0 Å². The summed E-state index contributed by atoms with van der Waals surface area (Å²) >= 11 is 1.52. The van der Waals surface area contributed by atoms with Gasteiger partial charge in [-0.05, 0) is 19.1 Å². The molecule has 0 saturated carbocycles. The van der Waals surface area contributed by atoms with E-state index in [1.807, 2.05) is 6.92 Å². The number of nitrogens with one attached hydrogen (secondary N) is 1. The van der Waals surface area contributed by atoms with E-state index in [1.54, 1.807) is 23.7 Å². The van der Waals surface area contributed by atoms with Crippen LogP contribution >= 0.6 is 11.3 Å². The SMILES string of the molecule is COc1c(N)cccc1C(=O)NCc1scnc1C. The Kier molecular flexibility index (Phi) is 4.01. The second-order valence-electron chi connectivity index (χ2n) is 3.97. The van der Waals surface area contributed by atoms with E-state index in [0.29, 0.717) is 23.5 Å². The second-order valence-corrected chi connectivity index (χ2v) is 4.91. The van der Waals surface area contributed by atoms with Crippen LogP contribution < -0.4 is 15.8 Å². The molecule has 0 spiro atoms. The van der Waals surface area contributed by atoms with Crippen LogP contribution in [0, 0.1) is 6.92 Å². The molecule has 0 saturated heterocycles. The van der Waals surface area contributed by atoms with Crippen molar-refractivity contribution in [2.75, 3.05) is 12.8 Å². The monoisotopic (exact) mass is 277 g/mol. The number of anilines is 1. The van der Waals surface area contributed by atoms with Gasteiger partial charge in [0.15, 0.2) is 5.75 Å². The molecule has 0 aliphatic heterocycles. The van der Waals surface area contributed by atoms with E-state index in [0.717, 1.165) is 10.6 Å². The number of para-hydroxylation sites is 1. The standard InChI is InChI=1S/C13H15N3O2S/c1-8-11(19-7-16-8)6-15-13(17)9-4-3-5-10(14)12(9)18-2/h3-5,7H,6,14H2,1-2H3,(H,15,17). The summed E-state index contributed by atoms with van der Waals surface area (Å²) in [6.07, 6.45) is 0. The van der Waals surface area contributed by atoms with Crippen LogP contribution in [0.5, 0.6) is 5.75 Å². The van der Waals surface area contributed by atoms with Gasteiger partial charge in [-0.25, -0.2) is 4.98 Å². The molecule has 0 radical (unpaired) electrons. The van der Waals surface area contributed by atoms with Crippen molar-refractivity contribution in [1.82, 2.24) is 10.3 Å². The first kappa shape index (κ1) is 13.4. The number of aromatic nitrogens is 1. The predicted octanol–water partition coefficient (Wildman–Crippen LogP) is 1.97. The molecule has 100 valence electrons. The van der Waals surface area contributed by atoms with Crippen molar-refractivity contribution < 1.29 is 9.53 Å². The minimum atomic E-state index is -0.211. The van der Waals surface area contributed by atoms with Gasteiger partial charge in [0.25, 0.3) is 5.91 Å². The molecule has 2 aromatic rings. The zero-order chi connectivity index (χ0) is 13.8. The number of thiazole rings is 1. The summed E-state index contributed by atoms with van der Waals surface area (Å²) < 4.78 is 5.16. The number of carbonyl (C=O) groups is 1. The fourth-order valence-corrected chi connectivity index (χ4v) is 2.43. The van der Waals surface area contributed by atoms with Crippen LogP contribution in [0.1, 0.15) is 20.9 Å². The summed E-state index contributed by atoms with van der Waals surface area (Å²) in [6, 6.07) is 5.11. The second kappa shape index (κ2) is 5.71. The number of carbonyl (C=O) groups excluding carboxylic acids is 1. The number of nitrogens with two attached hydrogens (primary N) is 1. The van der Waals surface area contributed by atoms with Crippen molar-refractivity contribution in [1.29, 1.82) is 0 Å². The summed E-state index contributed by atoms with van der Waals surface area (Å²) in [6.45, 7) is 2.37. The molecule has 19 heavy (non-hydrogen) atoms. The Balaban J connectivity index is 2.12. The minimum absolute atomic E-state index is 0.211. The lowest BCUT2D eigenvalue weighted by molar-refractivity contribution is 0.0948. The molecule has 0 bridgehead atoms. The third-order valence-electron chi connectivity index (χ3n) is 2.75.